The number of ether oxygens (including phenoxy) is 1. The van der Waals surface area contributed by atoms with Gasteiger partial charge in [0.25, 0.3) is 5.69 Å². The summed E-state index contributed by atoms with van der Waals surface area (Å²) in [5, 5.41) is 15.2. The van der Waals surface area contributed by atoms with Crippen molar-refractivity contribution in [3.05, 3.63) is 57.1 Å². The van der Waals surface area contributed by atoms with Crippen molar-refractivity contribution in [3.8, 4) is 5.75 Å². The van der Waals surface area contributed by atoms with Crippen LogP contribution in [0.15, 0.2) is 41.3 Å². The lowest BCUT2D eigenvalue weighted by Gasteiger charge is -2.20. The second-order valence-corrected chi connectivity index (χ2v) is 8.34. The largest absolute Gasteiger partial charge is 0.493 e. The van der Waals surface area contributed by atoms with Gasteiger partial charge in [-0.3, -0.25) is 10.1 Å². The third-order valence-electron chi connectivity index (χ3n) is 4.32. The van der Waals surface area contributed by atoms with E-state index in [-0.39, 0.29) is 22.3 Å². The molecular formula is C17H18ClN3O5S. The van der Waals surface area contributed by atoms with Crippen LogP contribution in [0, 0.1) is 10.1 Å². The number of halogens is 1. The summed E-state index contributed by atoms with van der Waals surface area (Å²) in [7, 11) is -2.53. The highest BCUT2D eigenvalue weighted by Gasteiger charge is 2.25. The lowest BCUT2D eigenvalue weighted by molar-refractivity contribution is -0.384. The summed E-state index contributed by atoms with van der Waals surface area (Å²) in [4.78, 5) is 10.7. The number of rotatable bonds is 5. The molecule has 1 atom stereocenters. The van der Waals surface area contributed by atoms with Crippen molar-refractivity contribution in [2.45, 2.75) is 23.8 Å². The van der Waals surface area contributed by atoms with Gasteiger partial charge in [0, 0.05) is 16.7 Å². The van der Waals surface area contributed by atoms with Crippen LogP contribution >= 0.6 is 11.6 Å². The molecule has 1 unspecified atom stereocenters. The summed E-state index contributed by atoms with van der Waals surface area (Å²) >= 11 is 6.03. The lowest BCUT2D eigenvalue weighted by Crippen LogP contribution is -2.19. The Labute approximate surface area is 161 Å². The van der Waals surface area contributed by atoms with E-state index < -0.39 is 14.9 Å². The molecule has 0 radical (unpaired) electrons. The highest BCUT2D eigenvalue weighted by atomic mass is 35.5. The maximum absolute atomic E-state index is 11.9. The Balaban J connectivity index is 1.99. The van der Waals surface area contributed by atoms with Crippen LogP contribution in [0.5, 0.6) is 5.75 Å². The Morgan fingerprint density at radius 1 is 1.26 bits per heavy atom. The molecule has 0 saturated heterocycles. The number of nitrogens with one attached hydrogen (secondary N) is 2. The zero-order valence-corrected chi connectivity index (χ0v) is 16.0. The average Bonchev–Trinajstić information content (AvgIpc) is 2.83. The number of sulfonamides is 1. The second-order valence-electron chi connectivity index (χ2n) is 6.01. The summed E-state index contributed by atoms with van der Waals surface area (Å²) in [6.45, 7) is 0.521. The molecule has 0 aliphatic carbocycles. The first-order valence-corrected chi connectivity index (χ1v) is 10.1. The number of hydrogen-bond donors (Lipinski definition) is 2. The Bertz CT molecular complexity index is 981. The molecule has 1 aliphatic rings. The normalized spacial score (nSPS) is 16.7. The van der Waals surface area contributed by atoms with Gasteiger partial charge in [0.05, 0.1) is 22.5 Å². The maximum Gasteiger partial charge on any atom is 0.293 e. The van der Waals surface area contributed by atoms with Crippen LogP contribution in [0.4, 0.5) is 11.4 Å². The van der Waals surface area contributed by atoms with Gasteiger partial charge in [0.1, 0.15) is 11.4 Å². The molecule has 2 N–H and O–H groups in total. The van der Waals surface area contributed by atoms with Gasteiger partial charge in [-0.15, -0.1) is 0 Å². The third-order valence-corrected chi connectivity index (χ3v) is 5.97. The third kappa shape index (κ3) is 4.15. The van der Waals surface area contributed by atoms with Crippen molar-refractivity contribution in [3.63, 3.8) is 0 Å². The minimum Gasteiger partial charge on any atom is -0.493 e. The van der Waals surface area contributed by atoms with Crippen molar-refractivity contribution in [2.75, 3.05) is 19.0 Å². The molecule has 1 heterocycles. The van der Waals surface area contributed by atoms with E-state index in [9.17, 15) is 18.5 Å². The molecule has 2 aromatic carbocycles. The Morgan fingerprint density at radius 3 is 2.74 bits per heavy atom. The smallest absolute Gasteiger partial charge is 0.293 e. The molecule has 0 saturated carbocycles. The van der Waals surface area contributed by atoms with E-state index >= 15 is 0 Å². The van der Waals surface area contributed by atoms with Gasteiger partial charge >= 0.3 is 0 Å². The number of nitrogens with zero attached hydrogens (tertiary/aromatic N) is 1. The average molecular weight is 412 g/mol. The fraction of sp³-hybridized carbons (Fsp3) is 0.294. The van der Waals surface area contributed by atoms with Crippen molar-refractivity contribution in [1.82, 2.24) is 4.72 Å². The van der Waals surface area contributed by atoms with Gasteiger partial charge in [0.15, 0.2) is 0 Å². The first-order valence-electron chi connectivity index (χ1n) is 8.22. The van der Waals surface area contributed by atoms with Crippen LogP contribution in [-0.4, -0.2) is 27.0 Å². The fourth-order valence-corrected chi connectivity index (χ4v) is 3.87. The Morgan fingerprint density at radius 2 is 2.04 bits per heavy atom. The van der Waals surface area contributed by atoms with Crippen LogP contribution in [0.25, 0.3) is 0 Å². The van der Waals surface area contributed by atoms with Crippen molar-refractivity contribution < 1.29 is 18.1 Å². The van der Waals surface area contributed by atoms with E-state index in [1.807, 2.05) is 6.07 Å². The molecule has 27 heavy (non-hydrogen) atoms. The molecule has 144 valence electrons. The predicted octanol–water partition coefficient (Wildman–Crippen LogP) is 3.48. The lowest BCUT2D eigenvalue weighted by atomic mass is 10.0. The molecule has 1 aliphatic heterocycles. The number of hydrogen-bond acceptors (Lipinski definition) is 6. The Kier molecular flexibility index (Phi) is 5.54. The summed E-state index contributed by atoms with van der Waals surface area (Å²) in [6.07, 6.45) is 1.45. The van der Waals surface area contributed by atoms with Crippen LogP contribution in [0.2, 0.25) is 5.02 Å². The number of fused-ring (bicyclic) bond motifs is 1. The predicted molar refractivity (Wildman–Crippen MR) is 102 cm³/mol. The molecular weight excluding hydrogens is 394 g/mol. The van der Waals surface area contributed by atoms with E-state index in [0.717, 1.165) is 18.1 Å². The first-order chi connectivity index (χ1) is 12.8. The van der Waals surface area contributed by atoms with E-state index in [4.69, 9.17) is 16.3 Å². The number of benzene rings is 2. The molecule has 2 aromatic rings. The van der Waals surface area contributed by atoms with Crippen LogP contribution < -0.4 is 14.8 Å². The van der Waals surface area contributed by atoms with Crippen molar-refractivity contribution in [2.24, 2.45) is 0 Å². The van der Waals surface area contributed by atoms with E-state index in [2.05, 4.69) is 10.0 Å². The summed E-state index contributed by atoms with van der Waals surface area (Å²) < 4.78 is 31.7. The SMILES string of the molecule is CNS(=O)(=O)c1ccc(NC2CCCOc3cc(Cl)ccc32)c([N+](=O)[O-])c1. The van der Waals surface area contributed by atoms with Gasteiger partial charge < -0.3 is 10.1 Å². The molecule has 0 amide bonds. The maximum atomic E-state index is 11.9. The van der Waals surface area contributed by atoms with Crippen LogP contribution in [0.1, 0.15) is 24.4 Å². The van der Waals surface area contributed by atoms with Gasteiger partial charge in [-0.05, 0) is 44.2 Å². The van der Waals surface area contributed by atoms with E-state index in [1.165, 1.54) is 19.2 Å². The topological polar surface area (TPSA) is 111 Å². The van der Waals surface area contributed by atoms with Crippen molar-refractivity contribution >= 4 is 33.0 Å². The van der Waals surface area contributed by atoms with Gasteiger partial charge in [-0.25, -0.2) is 13.1 Å². The minimum absolute atomic E-state index is 0.168. The van der Waals surface area contributed by atoms with E-state index in [0.29, 0.717) is 23.8 Å². The highest BCUT2D eigenvalue weighted by Crippen LogP contribution is 2.38. The standard InChI is InChI=1S/C17H18ClN3O5S/c1-19-27(24,25)12-5-7-15(16(10-12)21(22)23)20-14-3-2-8-26-17-9-11(18)4-6-13(14)17/h4-7,9-10,14,19-20H,2-3,8H2,1H3. The Hall–Kier alpha value is -2.36. The summed E-state index contributed by atoms with van der Waals surface area (Å²) in [6, 6.07) is 8.83. The fourth-order valence-electron chi connectivity index (χ4n) is 2.95. The first kappa shape index (κ1) is 19.4. The molecule has 0 aromatic heterocycles. The zero-order chi connectivity index (χ0) is 19.6. The van der Waals surface area contributed by atoms with Gasteiger partial charge in [-0.1, -0.05) is 17.7 Å². The summed E-state index contributed by atoms with van der Waals surface area (Å²) in [5.41, 5.74) is 0.771. The second kappa shape index (κ2) is 7.71. The van der Waals surface area contributed by atoms with Crippen LogP contribution in [-0.2, 0) is 10.0 Å². The molecule has 0 fully saturated rings. The van der Waals surface area contributed by atoms with Crippen molar-refractivity contribution in [1.29, 1.82) is 0 Å². The molecule has 0 bridgehead atoms. The van der Waals surface area contributed by atoms with E-state index in [1.54, 1.807) is 12.1 Å². The van der Waals surface area contributed by atoms with Crippen LogP contribution in [0.3, 0.4) is 0 Å². The summed E-state index contributed by atoms with van der Waals surface area (Å²) in [5.74, 6) is 0.634. The monoisotopic (exact) mass is 411 g/mol. The quantitative estimate of drug-likeness (QED) is 0.575. The zero-order valence-electron chi connectivity index (χ0n) is 14.4. The number of anilines is 1. The highest BCUT2D eigenvalue weighted by molar-refractivity contribution is 7.89. The minimum atomic E-state index is -3.78. The number of nitro benzene ring substituents is 1. The molecule has 8 nitrogen and oxygen atoms in total. The molecule has 3 rings (SSSR count). The van der Waals surface area contributed by atoms with Gasteiger partial charge in [0.2, 0.25) is 10.0 Å². The van der Waals surface area contributed by atoms with Gasteiger partial charge in [-0.2, -0.15) is 0 Å². The molecule has 10 heteroatoms. The molecule has 0 spiro atoms. The number of nitro groups is 1.